The molecule has 7 aromatic rings. The first-order chi connectivity index (χ1) is 14.9. The number of nitrogens with zero attached hydrogens (tertiary/aromatic N) is 1. The van der Waals surface area contributed by atoms with Crippen LogP contribution in [0.25, 0.3) is 60.2 Å². The second-order valence-corrected chi connectivity index (χ2v) is 7.65. The van der Waals surface area contributed by atoms with Crippen LogP contribution in [0.2, 0.25) is 0 Å². The maximum atomic E-state index is 6.60. The summed E-state index contributed by atoms with van der Waals surface area (Å²) in [6.07, 6.45) is 0. The third-order valence-electron chi connectivity index (χ3n) is 6.06. The Morgan fingerprint density at radius 2 is 1.33 bits per heavy atom. The Balaban J connectivity index is 1.72. The van der Waals surface area contributed by atoms with E-state index in [-0.39, 0.29) is 0 Å². The summed E-state index contributed by atoms with van der Waals surface area (Å²) in [6, 6.07) is 37.9. The molecule has 2 aromatic heterocycles. The van der Waals surface area contributed by atoms with E-state index in [9.17, 15) is 0 Å². The summed E-state index contributed by atoms with van der Waals surface area (Å²) in [6.45, 7) is 0. The van der Waals surface area contributed by atoms with Crippen molar-refractivity contribution in [3.63, 3.8) is 0 Å². The van der Waals surface area contributed by atoms with E-state index in [2.05, 4.69) is 89.5 Å². The largest absolute Gasteiger partial charge is 0.455 e. The lowest BCUT2D eigenvalue weighted by Crippen LogP contribution is -1.92. The fourth-order valence-corrected chi connectivity index (χ4v) is 4.75. The SMILES string of the molecule is c1cc2c3c4oc5c6ccccc6ccc5c4ccc3n(-c3ccccc3)c2cc#1. The van der Waals surface area contributed by atoms with Gasteiger partial charge in [-0.3, -0.25) is 0 Å². The molecule has 2 heteroatoms. The van der Waals surface area contributed by atoms with Crippen molar-refractivity contribution >= 4 is 54.5 Å². The van der Waals surface area contributed by atoms with Crippen LogP contribution in [0.1, 0.15) is 0 Å². The van der Waals surface area contributed by atoms with Crippen molar-refractivity contribution < 1.29 is 4.42 Å². The van der Waals surface area contributed by atoms with Gasteiger partial charge in [-0.05, 0) is 41.8 Å². The molecule has 5 aromatic carbocycles. The zero-order valence-corrected chi connectivity index (χ0v) is 16.0. The quantitative estimate of drug-likeness (QED) is 0.289. The molecule has 0 fully saturated rings. The average molecular weight is 381 g/mol. The first kappa shape index (κ1) is 15.7. The minimum atomic E-state index is 0.929. The summed E-state index contributed by atoms with van der Waals surface area (Å²) in [5.74, 6) is 0. The van der Waals surface area contributed by atoms with Gasteiger partial charge in [0, 0.05) is 33.3 Å². The standard InChI is InChI=1S/C28H15NO/c1-2-9-19(10-3-1)29-24-13-7-6-12-23(24)26-25(29)17-16-22-21-15-14-18-8-4-5-11-20(18)27(21)30-28(22)26/h1-5,8-17H. The lowest BCUT2D eigenvalue weighted by Gasteiger charge is -2.06. The van der Waals surface area contributed by atoms with Gasteiger partial charge in [-0.25, -0.2) is 0 Å². The van der Waals surface area contributed by atoms with Crippen LogP contribution in [0.3, 0.4) is 0 Å². The molecule has 0 bridgehead atoms. The van der Waals surface area contributed by atoms with Crippen LogP contribution in [0.4, 0.5) is 0 Å². The van der Waals surface area contributed by atoms with Crippen LogP contribution in [-0.2, 0) is 0 Å². The van der Waals surface area contributed by atoms with Crippen LogP contribution in [0.15, 0.2) is 95.4 Å². The summed E-state index contributed by atoms with van der Waals surface area (Å²) in [5, 5.41) is 6.88. The van der Waals surface area contributed by atoms with Crippen LogP contribution in [0, 0.1) is 12.1 Å². The van der Waals surface area contributed by atoms with Gasteiger partial charge in [0.2, 0.25) is 0 Å². The molecule has 7 rings (SSSR count). The molecule has 2 heterocycles. The summed E-state index contributed by atoms with van der Waals surface area (Å²) in [5.41, 5.74) is 5.23. The van der Waals surface area contributed by atoms with Crippen molar-refractivity contribution in [2.45, 2.75) is 0 Å². The van der Waals surface area contributed by atoms with Gasteiger partial charge < -0.3 is 8.98 Å². The van der Waals surface area contributed by atoms with E-state index in [0.717, 1.165) is 54.8 Å². The fourth-order valence-electron chi connectivity index (χ4n) is 4.75. The topological polar surface area (TPSA) is 18.1 Å². The molecule has 0 radical (unpaired) electrons. The fraction of sp³-hybridized carbons (Fsp3) is 0. The average Bonchev–Trinajstić information content (AvgIpc) is 3.35. The predicted octanol–water partition coefficient (Wildman–Crippen LogP) is 7.44. The van der Waals surface area contributed by atoms with Crippen molar-refractivity contribution in [2.75, 3.05) is 0 Å². The van der Waals surface area contributed by atoms with Gasteiger partial charge in [0.15, 0.2) is 0 Å². The highest BCUT2D eigenvalue weighted by Crippen LogP contribution is 2.41. The normalized spacial score (nSPS) is 11.7. The minimum Gasteiger partial charge on any atom is -0.455 e. The maximum Gasteiger partial charge on any atom is 0.145 e. The molecule has 0 aliphatic carbocycles. The van der Waals surface area contributed by atoms with E-state index < -0.39 is 0 Å². The van der Waals surface area contributed by atoms with Crippen molar-refractivity contribution in [3.8, 4) is 5.69 Å². The zero-order valence-electron chi connectivity index (χ0n) is 16.0. The maximum absolute atomic E-state index is 6.60. The van der Waals surface area contributed by atoms with Gasteiger partial charge in [0.1, 0.15) is 11.2 Å². The summed E-state index contributed by atoms with van der Waals surface area (Å²) < 4.78 is 8.88. The summed E-state index contributed by atoms with van der Waals surface area (Å²) in [4.78, 5) is 0. The molecule has 138 valence electrons. The lowest BCUT2D eigenvalue weighted by atomic mass is 10.0. The molecule has 0 amide bonds. The molecule has 30 heavy (non-hydrogen) atoms. The number of furan rings is 1. The number of aromatic nitrogens is 1. The third-order valence-corrected chi connectivity index (χ3v) is 6.06. The number of hydrogen-bond donors (Lipinski definition) is 0. The van der Waals surface area contributed by atoms with Crippen LogP contribution < -0.4 is 0 Å². The smallest absolute Gasteiger partial charge is 0.145 e. The van der Waals surface area contributed by atoms with Crippen molar-refractivity contribution in [2.24, 2.45) is 0 Å². The summed E-state index contributed by atoms with van der Waals surface area (Å²) in [7, 11) is 0. The second-order valence-electron chi connectivity index (χ2n) is 7.65. The molecule has 0 saturated heterocycles. The monoisotopic (exact) mass is 381 g/mol. The van der Waals surface area contributed by atoms with Crippen molar-refractivity contribution in [1.82, 2.24) is 4.57 Å². The highest BCUT2D eigenvalue weighted by molar-refractivity contribution is 6.25. The molecule has 0 aliphatic heterocycles. The first-order valence-corrected chi connectivity index (χ1v) is 10.0. The van der Waals surface area contributed by atoms with Gasteiger partial charge in [0.05, 0.1) is 16.4 Å². The van der Waals surface area contributed by atoms with E-state index in [1.807, 2.05) is 18.2 Å². The Labute approximate surface area is 172 Å². The Morgan fingerprint density at radius 1 is 0.567 bits per heavy atom. The van der Waals surface area contributed by atoms with Crippen LogP contribution in [-0.4, -0.2) is 4.57 Å². The van der Waals surface area contributed by atoms with Crippen LogP contribution in [0.5, 0.6) is 0 Å². The van der Waals surface area contributed by atoms with E-state index in [0.29, 0.717) is 0 Å². The molecular weight excluding hydrogens is 366 g/mol. The number of para-hydroxylation sites is 1. The Kier molecular flexibility index (Phi) is 2.95. The van der Waals surface area contributed by atoms with E-state index in [4.69, 9.17) is 4.42 Å². The number of fused-ring (bicyclic) bond motifs is 9. The van der Waals surface area contributed by atoms with E-state index in [1.165, 1.54) is 5.39 Å². The van der Waals surface area contributed by atoms with E-state index in [1.54, 1.807) is 0 Å². The lowest BCUT2D eigenvalue weighted by molar-refractivity contribution is 0.676. The predicted molar refractivity (Wildman–Crippen MR) is 123 cm³/mol. The van der Waals surface area contributed by atoms with Crippen molar-refractivity contribution in [1.29, 1.82) is 0 Å². The molecule has 0 spiro atoms. The number of rotatable bonds is 1. The number of hydrogen-bond acceptors (Lipinski definition) is 1. The Morgan fingerprint density at radius 3 is 2.27 bits per heavy atom. The molecular formula is C28H15NO. The molecule has 0 N–H and O–H groups in total. The first-order valence-electron chi connectivity index (χ1n) is 10.0. The van der Waals surface area contributed by atoms with Gasteiger partial charge in [0.25, 0.3) is 0 Å². The van der Waals surface area contributed by atoms with Gasteiger partial charge in [-0.2, -0.15) is 0 Å². The zero-order chi connectivity index (χ0) is 19.7. The second kappa shape index (κ2) is 5.65. The van der Waals surface area contributed by atoms with Crippen LogP contribution >= 0.6 is 0 Å². The minimum absolute atomic E-state index is 0.929. The summed E-state index contributed by atoms with van der Waals surface area (Å²) >= 11 is 0. The number of benzene rings is 4. The van der Waals surface area contributed by atoms with Gasteiger partial charge in [-0.15, -0.1) is 0 Å². The van der Waals surface area contributed by atoms with Gasteiger partial charge in [-0.1, -0.05) is 60.7 Å². The molecule has 2 nitrogen and oxygen atoms in total. The highest BCUT2D eigenvalue weighted by atomic mass is 16.3. The highest BCUT2D eigenvalue weighted by Gasteiger charge is 2.19. The molecule has 0 saturated carbocycles. The molecule has 0 atom stereocenters. The Bertz CT molecular complexity index is 1740. The van der Waals surface area contributed by atoms with Crippen molar-refractivity contribution in [3.05, 3.63) is 103 Å². The molecule has 0 unspecified atom stereocenters. The van der Waals surface area contributed by atoms with Gasteiger partial charge >= 0.3 is 0 Å². The Hall–Kier alpha value is -4.22. The third kappa shape index (κ3) is 1.94. The van der Waals surface area contributed by atoms with E-state index >= 15 is 0 Å². The molecule has 0 aliphatic rings.